The molecule has 2 aromatic rings. The highest BCUT2D eigenvalue weighted by molar-refractivity contribution is 7.16. The summed E-state index contributed by atoms with van der Waals surface area (Å²) >= 11 is 1.56. The van der Waals surface area contributed by atoms with Gasteiger partial charge in [0.1, 0.15) is 0 Å². The largest absolute Gasteiger partial charge is 0.340 e. The Morgan fingerprint density at radius 3 is 2.78 bits per heavy atom. The number of benzene rings is 1. The summed E-state index contributed by atoms with van der Waals surface area (Å²) in [5.74, 6) is 0.372. The fourth-order valence-corrected chi connectivity index (χ4v) is 4.32. The maximum atomic E-state index is 12.7. The van der Waals surface area contributed by atoms with Crippen molar-refractivity contribution in [2.45, 2.75) is 31.7 Å². The Hall–Kier alpha value is -1.95. The van der Waals surface area contributed by atoms with Crippen LogP contribution in [0.25, 0.3) is 10.2 Å². The third-order valence-electron chi connectivity index (χ3n) is 4.88. The minimum Gasteiger partial charge on any atom is -0.340 e. The average Bonchev–Trinajstić information content (AvgIpc) is 3.22. The first kappa shape index (κ1) is 14.6. The molecule has 4 rings (SSSR count). The summed E-state index contributed by atoms with van der Waals surface area (Å²) in [7, 11) is 0. The molecule has 0 unspecified atom stereocenters. The number of carbonyl (C=O) groups excluding carboxylic acids is 2. The van der Waals surface area contributed by atoms with E-state index in [1.54, 1.807) is 16.8 Å². The van der Waals surface area contributed by atoms with E-state index in [0.29, 0.717) is 12.5 Å². The zero-order valence-corrected chi connectivity index (χ0v) is 13.7. The predicted octanol–water partition coefficient (Wildman–Crippen LogP) is 2.52. The molecule has 2 saturated heterocycles. The van der Waals surface area contributed by atoms with Crippen molar-refractivity contribution in [3.8, 4) is 0 Å². The van der Waals surface area contributed by atoms with E-state index < -0.39 is 0 Å². The van der Waals surface area contributed by atoms with Crippen molar-refractivity contribution in [1.82, 2.24) is 14.8 Å². The van der Waals surface area contributed by atoms with Crippen LogP contribution >= 0.6 is 11.3 Å². The number of thiazole rings is 1. The number of likely N-dealkylation sites (tertiary alicyclic amines) is 2. The standard InChI is InChI=1S/C17H19N3O2S/c21-16-2-1-7-20(16)13-5-8-19(9-6-13)17(22)12-3-4-14-15(10-12)23-11-18-14/h3-4,10-11,13H,1-2,5-9H2. The molecule has 0 bridgehead atoms. The molecule has 5 nitrogen and oxygen atoms in total. The quantitative estimate of drug-likeness (QED) is 0.851. The van der Waals surface area contributed by atoms with Gasteiger partial charge in [-0.2, -0.15) is 0 Å². The van der Waals surface area contributed by atoms with Gasteiger partial charge in [0.05, 0.1) is 15.7 Å². The van der Waals surface area contributed by atoms with Crippen molar-refractivity contribution in [2.75, 3.05) is 19.6 Å². The van der Waals surface area contributed by atoms with Gasteiger partial charge in [-0.1, -0.05) is 0 Å². The van der Waals surface area contributed by atoms with Crippen LogP contribution in [0.15, 0.2) is 23.7 Å². The molecule has 2 fully saturated rings. The molecule has 2 aliphatic heterocycles. The van der Waals surface area contributed by atoms with E-state index in [1.165, 1.54) is 0 Å². The monoisotopic (exact) mass is 329 g/mol. The Bertz CT molecular complexity index is 749. The first-order valence-electron chi connectivity index (χ1n) is 8.14. The summed E-state index contributed by atoms with van der Waals surface area (Å²) in [6.07, 6.45) is 3.45. The van der Waals surface area contributed by atoms with E-state index in [1.807, 2.05) is 28.0 Å². The van der Waals surface area contributed by atoms with Gasteiger partial charge in [0, 0.05) is 37.7 Å². The van der Waals surface area contributed by atoms with Crippen molar-refractivity contribution in [3.05, 3.63) is 29.3 Å². The minimum absolute atomic E-state index is 0.0894. The number of carbonyl (C=O) groups is 2. The fourth-order valence-electron chi connectivity index (χ4n) is 3.61. The Morgan fingerprint density at radius 2 is 2.04 bits per heavy atom. The molecule has 2 aliphatic rings. The second kappa shape index (κ2) is 5.92. The summed E-state index contributed by atoms with van der Waals surface area (Å²) in [4.78, 5) is 32.7. The molecular weight excluding hydrogens is 310 g/mol. The van der Waals surface area contributed by atoms with Crippen molar-refractivity contribution < 1.29 is 9.59 Å². The Kier molecular flexibility index (Phi) is 3.77. The van der Waals surface area contributed by atoms with E-state index in [4.69, 9.17) is 0 Å². The van der Waals surface area contributed by atoms with E-state index >= 15 is 0 Å². The maximum Gasteiger partial charge on any atom is 0.253 e. The van der Waals surface area contributed by atoms with Crippen molar-refractivity contribution in [1.29, 1.82) is 0 Å². The third kappa shape index (κ3) is 2.72. The van der Waals surface area contributed by atoms with Gasteiger partial charge < -0.3 is 9.80 Å². The van der Waals surface area contributed by atoms with Crippen LogP contribution in [0.4, 0.5) is 0 Å². The molecule has 3 heterocycles. The lowest BCUT2D eigenvalue weighted by Gasteiger charge is -2.36. The highest BCUT2D eigenvalue weighted by Gasteiger charge is 2.32. The Morgan fingerprint density at radius 1 is 1.22 bits per heavy atom. The number of nitrogens with zero attached hydrogens (tertiary/aromatic N) is 3. The number of hydrogen-bond donors (Lipinski definition) is 0. The second-order valence-electron chi connectivity index (χ2n) is 6.25. The molecule has 0 aliphatic carbocycles. The number of fused-ring (bicyclic) bond motifs is 1. The molecule has 2 amide bonds. The number of amides is 2. The van der Waals surface area contributed by atoms with Gasteiger partial charge in [0.25, 0.3) is 5.91 Å². The van der Waals surface area contributed by atoms with Gasteiger partial charge in [-0.3, -0.25) is 9.59 Å². The van der Waals surface area contributed by atoms with Crippen LogP contribution < -0.4 is 0 Å². The molecule has 1 aromatic carbocycles. The van der Waals surface area contributed by atoms with Crippen molar-refractivity contribution in [3.63, 3.8) is 0 Å². The zero-order chi connectivity index (χ0) is 15.8. The second-order valence-corrected chi connectivity index (χ2v) is 7.14. The van der Waals surface area contributed by atoms with Gasteiger partial charge in [0.15, 0.2) is 0 Å². The topological polar surface area (TPSA) is 53.5 Å². The molecule has 0 spiro atoms. The van der Waals surface area contributed by atoms with Gasteiger partial charge in [-0.05, 0) is 37.5 Å². The molecule has 6 heteroatoms. The van der Waals surface area contributed by atoms with Crippen molar-refractivity contribution >= 4 is 33.4 Å². The first-order valence-corrected chi connectivity index (χ1v) is 9.02. The summed E-state index contributed by atoms with van der Waals surface area (Å²) in [5.41, 5.74) is 3.48. The van der Waals surface area contributed by atoms with Crippen LogP contribution in [-0.4, -0.2) is 52.3 Å². The van der Waals surface area contributed by atoms with E-state index in [9.17, 15) is 9.59 Å². The van der Waals surface area contributed by atoms with Crippen LogP contribution in [0, 0.1) is 0 Å². The molecular formula is C17H19N3O2S. The fraction of sp³-hybridized carbons (Fsp3) is 0.471. The molecule has 0 N–H and O–H groups in total. The lowest BCUT2D eigenvalue weighted by Crippen LogP contribution is -2.47. The Labute approximate surface area is 138 Å². The number of rotatable bonds is 2. The normalized spacial score (nSPS) is 19.7. The SMILES string of the molecule is O=C(c1ccc2ncsc2c1)N1CCC(N2CCCC2=O)CC1. The van der Waals surface area contributed by atoms with Crippen LogP contribution in [0.5, 0.6) is 0 Å². The van der Waals surface area contributed by atoms with E-state index in [0.717, 1.165) is 54.7 Å². The molecule has 1 aromatic heterocycles. The number of piperidine rings is 1. The number of aromatic nitrogens is 1. The average molecular weight is 329 g/mol. The lowest BCUT2D eigenvalue weighted by atomic mass is 10.0. The Balaban J connectivity index is 1.43. The third-order valence-corrected chi connectivity index (χ3v) is 5.67. The van der Waals surface area contributed by atoms with E-state index in [2.05, 4.69) is 4.98 Å². The maximum absolute atomic E-state index is 12.7. The summed E-state index contributed by atoms with van der Waals surface area (Å²) in [6.45, 7) is 2.35. The molecule has 0 radical (unpaired) electrons. The summed E-state index contributed by atoms with van der Waals surface area (Å²) < 4.78 is 1.05. The van der Waals surface area contributed by atoms with Crippen LogP contribution in [0.3, 0.4) is 0 Å². The number of hydrogen-bond acceptors (Lipinski definition) is 4. The zero-order valence-electron chi connectivity index (χ0n) is 12.9. The lowest BCUT2D eigenvalue weighted by molar-refractivity contribution is -0.130. The minimum atomic E-state index is 0.0894. The summed E-state index contributed by atoms with van der Waals surface area (Å²) in [5, 5.41) is 0. The van der Waals surface area contributed by atoms with Gasteiger partial charge in [-0.25, -0.2) is 4.98 Å². The highest BCUT2D eigenvalue weighted by Crippen LogP contribution is 2.24. The molecule has 0 saturated carbocycles. The van der Waals surface area contributed by atoms with Gasteiger partial charge in [-0.15, -0.1) is 11.3 Å². The van der Waals surface area contributed by atoms with Gasteiger partial charge in [0.2, 0.25) is 5.91 Å². The van der Waals surface area contributed by atoms with Gasteiger partial charge >= 0.3 is 0 Å². The predicted molar refractivity (Wildman–Crippen MR) is 89.5 cm³/mol. The van der Waals surface area contributed by atoms with Crippen molar-refractivity contribution in [2.24, 2.45) is 0 Å². The molecule has 0 atom stereocenters. The van der Waals surface area contributed by atoms with Crippen LogP contribution in [0.2, 0.25) is 0 Å². The smallest absolute Gasteiger partial charge is 0.253 e. The first-order chi connectivity index (χ1) is 11.2. The molecule has 23 heavy (non-hydrogen) atoms. The van der Waals surface area contributed by atoms with Crippen LogP contribution in [0.1, 0.15) is 36.0 Å². The van der Waals surface area contributed by atoms with Crippen LogP contribution in [-0.2, 0) is 4.79 Å². The van der Waals surface area contributed by atoms with E-state index in [-0.39, 0.29) is 11.8 Å². The molecule has 120 valence electrons. The highest BCUT2D eigenvalue weighted by atomic mass is 32.1. The summed E-state index contributed by atoms with van der Waals surface area (Å²) in [6, 6.07) is 6.03.